The molecule has 2 fully saturated rings. The van der Waals surface area contributed by atoms with Gasteiger partial charge in [0.15, 0.2) is 0 Å². The molecule has 466 valence electrons. The van der Waals surface area contributed by atoms with Crippen molar-refractivity contribution in [2.75, 3.05) is 27.4 Å². The van der Waals surface area contributed by atoms with Gasteiger partial charge in [-0.2, -0.15) is 0 Å². The number of rotatable bonds is 12. The van der Waals surface area contributed by atoms with Crippen LogP contribution in [0.1, 0.15) is 165 Å². The van der Waals surface area contributed by atoms with Gasteiger partial charge in [-0.25, -0.2) is 31.9 Å². The predicted molar refractivity (Wildman–Crippen MR) is 311 cm³/mol. The second kappa shape index (κ2) is 24.1. The molecule has 5 aromatic rings. The number of methoxy groups -OCH3 is 2. The number of aromatic nitrogens is 4. The lowest BCUT2D eigenvalue weighted by atomic mass is 9.78. The van der Waals surface area contributed by atoms with E-state index in [9.17, 15) is 32.7 Å². The Morgan fingerprint density at radius 1 is 0.647 bits per heavy atom. The first-order chi connectivity index (χ1) is 39.4. The summed E-state index contributed by atoms with van der Waals surface area (Å²) in [6.45, 7) is 27.0. The number of phosphoric ester groups is 2. The second-order valence-corrected chi connectivity index (χ2v) is 29.4. The third kappa shape index (κ3) is 13.8. The van der Waals surface area contributed by atoms with Crippen LogP contribution in [0.5, 0.6) is 23.0 Å². The Morgan fingerprint density at radius 2 is 1.13 bits per heavy atom. The molecule has 0 radical (unpaired) electrons. The normalized spacial score (nSPS) is 24.2. The number of phosphoric acid groups is 2. The van der Waals surface area contributed by atoms with Gasteiger partial charge in [-0.3, -0.25) is 46.4 Å². The first-order valence-electron chi connectivity index (χ1n) is 28.1. The molecular formula is C60H79F3N4O16P2. The maximum absolute atomic E-state index is 15.7. The molecule has 2 aromatic heterocycles. The second-order valence-electron chi connectivity index (χ2n) is 26.2. The standard InChI is InChI=1S/C35H46FN2O9P.C25H33F2N2O7P/c1-20-13-29(37-16-21(2)32(39)38(33(37)40)17-22-11-12-23(42-9)14-27(22)43-10)46-28(20)19-45-48(41)44-18-24-30(36)25(34(3,4)5)15-26(31(24)47-48)35(6,7)8;1-13-10-29(23(31)28-22(13)30)19-9-17(26)18(35-19)12-34-37(32)33-11-14-20(27)15(24(2,3)4)8-16(21(14)36-37)25(5,6)7/h11-12,14-16,20,28-29H,13,17-19H2,1-10H3;8,10,17-19H,9,11-12H2,1-7H3,(H,28,30,31)/i;26-1. The maximum atomic E-state index is 15.7. The lowest BCUT2D eigenvalue weighted by molar-refractivity contribution is -0.0371. The molecule has 1 N–H and O–H groups in total. The Balaban J connectivity index is 0.000000229. The van der Waals surface area contributed by atoms with Gasteiger partial charge in [0.2, 0.25) is 0 Å². The van der Waals surface area contributed by atoms with E-state index < -0.39 is 109 Å². The molecule has 8 atom stereocenters. The SMILES string of the molecule is COc1ccc(Cn2c(=O)c(C)cn(C3CC(C)C(COP4(=O)OCc5c(F)c(C(C)(C)C)cc(C(C)(C)C)c5O4)O3)c2=O)c(OC)c1.Cc1cn(C2CC([18F])C(COP3(=O)OCc4c(F)c(C(C)(C)C)cc(C(C)(C)C)c4O3)O2)c(=O)[nH]c1=O. The van der Waals surface area contributed by atoms with E-state index in [2.05, 4.69) is 4.98 Å². The summed E-state index contributed by atoms with van der Waals surface area (Å²) in [4.78, 5) is 52.8. The lowest BCUT2D eigenvalue weighted by Gasteiger charge is -2.34. The number of aromatic amines is 1. The van der Waals surface area contributed by atoms with Gasteiger partial charge in [0, 0.05) is 52.7 Å². The zero-order valence-corrected chi connectivity index (χ0v) is 53.1. The van der Waals surface area contributed by atoms with Crippen molar-refractivity contribution in [3.63, 3.8) is 0 Å². The summed E-state index contributed by atoms with van der Waals surface area (Å²) in [5.74, 6) is 0.286. The van der Waals surface area contributed by atoms with Crippen molar-refractivity contribution in [1.29, 1.82) is 0 Å². The van der Waals surface area contributed by atoms with Crippen LogP contribution in [0, 0.1) is 31.4 Å². The van der Waals surface area contributed by atoms with Crippen LogP contribution >= 0.6 is 15.6 Å². The Labute approximate surface area is 492 Å². The van der Waals surface area contributed by atoms with Crippen molar-refractivity contribution in [2.24, 2.45) is 5.92 Å². The van der Waals surface area contributed by atoms with E-state index in [0.29, 0.717) is 51.3 Å². The van der Waals surface area contributed by atoms with Gasteiger partial charge in [0.25, 0.3) is 11.1 Å². The summed E-state index contributed by atoms with van der Waals surface area (Å²) in [5.41, 5.74) is -0.144. The summed E-state index contributed by atoms with van der Waals surface area (Å²) in [6, 6.07) is 8.66. The summed E-state index contributed by atoms with van der Waals surface area (Å²) >= 11 is 0. The quantitative estimate of drug-likeness (QED) is 0.115. The number of halogens is 3. The Hall–Kier alpha value is -5.77. The number of ether oxygens (including phenoxy) is 4. The van der Waals surface area contributed by atoms with E-state index in [1.54, 1.807) is 37.3 Å². The molecule has 3 aromatic carbocycles. The minimum absolute atomic E-state index is 0.0188. The fourth-order valence-corrected chi connectivity index (χ4v) is 12.9. The molecule has 4 aliphatic heterocycles. The van der Waals surface area contributed by atoms with Crippen LogP contribution in [0.4, 0.5) is 13.2 Å². The van der Waals surface area contributed by atoms with Gasteiger partial charge >= 0.3 is 27.0 Å². The molecule has 6 heterocycles. The highest BCUT2D eigenvalue weighted by molar-refractivity contribution is 7.49. The highest BCUT2D eigenvalue weighted by atomic mass is 31.2. The average molecular weight is 1230 g/mol. The third-order valence-electron chi connectivity index (χ3n) is 15.4. The van der Waals surface area contributed by atoms with Gasteiger partial charge in [-0.1, -0.05) is 90.0 Å². The van der Waals surface area contributed by atoms with Crippen LogP contribution in [-0.4, -0.2) is 64.5 Å². The largest absolute Gasteiger partial charge is 0.530 e. The summed E-state index contributed by atoms with van der Waals surface area (Å²) in [5, 5.41) is 0. The Bertz CT molecular complexity index is 3720. The van der Waals surface area contributed by atoms with Crippen molar-refractivity contribution >= 4 is 15.6 Å². The Morgan fingerprint density at radius 3 is 1.62 bits per heavy atom. The van der Waals surface area contributed by atoms with Crippen LogP contribution < -0.4 is 41.0 Å². The topological polar surface area (TPSA) is 225 Å². The smallest absolute Gasteiger partial charge is 0.497 e. The van der Waals surface area contributed by atoms with Crippen molar-refractivity contribution < 1.29 is 68.4 Å². The van der Waals surface area contributed by atoms with Gasteiger partial charge in [0.1, 0.15) is 59.4 Å². The molecule has 0 saturated carbocycles. The molecule has 9 rings (SSSR count). The third-order valence-corrected chi connectivity index (χ3v) is 18.1. The molecule has 0 spiro atoms. The number of aryl methyl sites for hydroxylation is 2. The molecular weight excluding hydrogens is 1150 g/mol. The molecule has 2 saturated heterocycles. The zero-order valence-electron chi connectivity index (χ0n) is 51.4. The van der Waals surface area contributed by atoms with Crippen LogP contribution in [0.2, 0.25) is 0 Å². The number of fused-ring (bicyclic) bond motifs is 2. The molecule has 8 unspecified atom stereocenters. The first-order valence-corrected chi connectivity index (χ1v) is 31.0. The number of hydrogen-bond donors (Lipinski definition) is 1. The number of benzene rings is 3. The Kier molecular flexibility index (Phi) is 18.5. The van der Waals surface area contributed by atoms with Crippen molar-refractivity contribution in [3.8, 4) is 23.0 Å². The van der Waals surface area contributed by atoms with Gasteiger partial charge < -0.3 is 28.0 Å². The van der Waals surface area contributed by atoms with E-state index in [4.69, 9.17) is 46.1 Å². The average Bonchev–Trinajstić information content (AvgIpc) is 2.12. The van der Waals surface area contributed by atoms with Crippen LogP contribution in [0.25, 0.3) is 0 Å². The first kappa shape index (κ1) is 65.2. The van der Waals surface area contributed by atoms with Crippen LogP contribution in [-0.2, 0) is 78.1 Å². The fourth-order valence-electron chi connectivity index (χ4n) is 10.4. The highest BCUT2D eigenvalue weighted by Gasteiger charge is 2.46. The molecule has 85 heavy (non-hydrogen) atoms. The minimum atomic E-state index is -4.24. The van der Waals surface area contributed by atoms with Crippen molar-refractivity contribution in [1.82, 2.24) is 18.7 Å². The zero-order chi connectivity index (χ0) is 62.8. The van der Waals surface area contributed by atoms with Crippen molar-refractivity contribution in [2.45, 2.75) is 189 Å². The summed E-state index contributed by atoms with van der Waals surface area (Å²) in [6.07, 6.45) is -1.96. The number of alkyl halides is 1. The van der Waals surface area contributed by atoms with E-state index >= 15 is 8.78 Å². The van der Waals surface area contributed by atoms with Crippen molar-refractivity contribution in [3.05, 3.63) is 146 Å². The molecule has 25 heteroatoms. The number of nitrogens with zero attached hydrogens (tertiary/aromatic N) is 3. The lowest BCUT2D eigenvalue weighted by Crippen LogP contribution is -2.42. The fraction of sp³-hybridized carbons (Fsp3) is 0.567. The van der Waals surface area contributed by atoms with Gasteiger partial charge in [-0.15, -0.1) is 0 Å². The summed E-state index contributed by atoms with van der Waals surface area (Å²) in [7, 11) is -5.35. The molecule has 20 nitrogen and oxygen atoms in total. The molecule has 0 amide bonds. The van der Waals surface area contributed by atoms with E-state index in [1.807, 2.05) is 90.0 Å². The number of hydrogen-bond acceptors (Lipinski definition) is 16. The van der Waals surface area contributed by atoms with Gasteiger partial charge in [0.05, 0.1) is 64.4 Å². The van der Waals surface area contributed by atoms with E-state index in [1.165, 1.54) is 38.1 Å². The number of H-pyrrole nitrogens is 1. The van der Waals surface area contributed by atoms with E-state index in [-0.39, 0.29) is 66.9 Å². The van der Waals surface area contributed by atoms with Gasteiger partial charge in [-0.05, 0) is 83.2 Å². The molecule has 4 aliphatic rings. The molecule has 0 bridgehead atoms. The van der Waals surface area contributed by atoms with Crippen LogP contribution in [0.15, 0.2) is 61.9 Å². The predicted octanol–water partition coefficient (Wildman–Crippen LogP) is 11.7. The molecule has 0 aliphatic carbocycles. The van der Waals surface area contributed by atoms with Crippen LogP contribution in [0.3, 0.4) is 0 Å². The van der Waals surface area contributed by atoms with E-state index in [0.717, 1.165) is 9.13 Å². The summed E-state index contributed by atoms with van der Waals surface area (Å²) < 4.78 is 133. The minimum Gasteiger partial charge on any atom is -0.497 e. The maximum Gasteiger partial charge on any atom is 0.530 e. The number of nitrogens with one attached hydrogen (secondary N) is 1. The monoisotopic (exact) mass is 1230 g/mol. The highest BCUT2D eigenvalue weighted by Crippen LogP contribution is 2.60.